The summed E-state index contributed by atoms with van der Waals surface area (Å²) >= 11 is 0. The summed E-state index contributed by atoms with van der Waals surface area (Å²) in [5, 5.41) is 13.4. The van der Waals surface area contributed by atoms with Gasteiger partial charge in [0.15, 0.2) is 0 Å². The normalized spacial score (nSPS) is 27.1. The predicted octanol–water partition coefficient (Wildman–Crippen LogP) is 1.56. The Bertz CT molecular complexity index is 844. The predicted molar refractivity (Wildman–Crippen MR) is 88.9 cm³/mol. The Morgan fingerprint density at radius 2 is 1.93 bits per heavy atom. The second-order valence-corrected chi connectivity index (χ2v) is 8.42. The summed E-state index contributed by atoms with van der Waals surface area (Å²) in [6.45, 7) is -0.107. The SMILES string of the molecule is O=C([C@H]1CCCN(S(=O)(=O)c2ccccc2)C1)N1N=CC[C@]1(O)C(F)(F)F. The third-order valence-electron chi connectivity index (χ3n) is 4.70. The third-order valence-corrected chi connectivity index (χ3v) is 6.58. The minimum Gasteiger partial charge on any atom is -0.362 e. The molecule has 0 spiro atoms. The van der Waals surface area contributed by atoms with Gasteiger partial charge in [-0.25, -0.2) is 8.42 Å². The Morgan fingerprint density at radius 1 is 1.26 bits per heavy atom. The average Bonchev–Trinajstić information content (AvgIpc) is 3.05. The number of hydrogen-bond acceptors (Lipinski definition) is 5. The fourth-order valence-electron chi connectivity index (χ4n) is 3.18. The zero-order valence-corrected chi connectivity index (χ0v) is 14.9. The number of hydrazone groups is 1. The molecule has 27 heavy (non-hydrogen) atoms. The smallest absolute Gasteiger partial charge is 0.362 e. The molecule has 148 valence electrons. The van der Waals surface area contributed by atoms with E-state index in [1.165, 1.54) is 12.1 Å². The van der Waals surface area contributed by atoms with E-state index in [4.69, 9.17) is 0 Å². The van der Waals surface area contributed by atoms with Gasteiger partial charge < -0.3 is 5.11 Å². The van der Waals surface area contributed by atoms with Crippen LogP contribution in [0.3, 0.4) is 0 Å². The molecule has 0 saturated carbocycles. The highest BCUT2D eigenvalue weighted by atomic mass is 32.2. The molecule has 2 aliphatic rings. The van der Waals surface area contributed by atoms with Gasteiger partial charge in [0.25, 0.3) is 5.72 Å². The van der Waals surface area contributed by atoms with Crippen LogP contribution >= 0.6 is 0 Å². The lowest BCUT2D eigenvalue weighted by molar-refractivity contribution is -0.303. The Hall–Kier alpha value is -1.98. The van der Waals surface area contributed by atoms with Gasteiger partial charge in [0.1, 0.15) is 0 Å². The molecule has 1 amide bonds. The van der Waals surface area contributed by atoms with Gasteiger partial charge in [-0.2, -0.15) is 27.6 Å². The van der Waals surface area contributed by atoms with Gasteiger partial charge >= 0.3 is 6.18 Å². The molecule has 1 N–H and O–H groups in total. The molecule has 0 aliphatic carbocycles. The maximum atomic E-state index is 13.2. The molecule has 0 aromatic heterocycles. The summed E-state index contributed by atoms with van der Waals surface area (Å²) in [4.78, 5) is 12.6. The number of alkyl halides is 3. The Balaban J connectivity index is 1.81. The van der Waals surface area contributed by atoms with Crippen LogP contribution in [0.2, 0.25) is 0 Å². The molecule has 2 heterocycles. The van der Waals surface area contributed by atoms with E-state index >= 15 is 0 Å². The van der Waals surface area contributed by atoms with E-state index in [9.17, 15) is 31.5 Å². The van der Waals surface area contributed by atoms with Crippen LogP contribution in [0.4, 0.5) is 13.2 Å². The van der Waals surface area contributed by atoms with E-state index < -0.39 is 40.2 Å². The molecule has 0 radical (unpaired) electrons. The van der Waals surface area contributed by atoms with Crippen LogP contribution < -0.4 is 0 Å². The van der Waals surface area contributed by atoms with E-state index in [-0.39, 0.29) is 29.4 Å². The van der Waals surface area contributed by atoms with Crippen molar-refractivity contribution >= 4 is 22.1 Å². The van der Waals surface area contributed by atoms with E-state index in [1.54, 1.807) is 18.2 Å². The van der Waals surface area contributed by atoms with Crippen molar-refractivity contribution in [1.29, 1.82) is 0 Å². The first-order valence-electron chi connectivity index (χ1n) is 8.28. The molecule has 7 nitrogen and oxygen atoms in total. The van der Waals surface area contributed by atoms with Crippen molar-refractivity contribution in [2.45, 2.75) is 36.1 Å². The monoisotopic (exact) mass is 405 g/mol. The summed E-state index contributed by atoms with van der Waals surface area (Å²) in [7, 11) is -3.87. The van der Waals surface area contributed by atoms with Crippen LogP contribution in [0.5, 0.6) is 0 Å². The Labute approximate surface area is 154 Å². The zero-order chi connectivity index (χ0) is 19.9. The zero-order valence-electron chi connectivity index (χ0n) is 14.1. The van der Waals surface area contributed by atoms with Crippen LogP contribution in [-0.4, -0.2) is 60.0 Å². The summed E-state index contributed by atoms with van der Waals surface area (Å²) in [6.07, 6.45) is -4.60. The summed E-state index contributed by atoms with van der Waals surface area (Å²) in [5.41, 5.74) is -3.40. The average molecular weight is 405 g/mol. The van der Waals surface area contributed by atoms with Gasteiger partial charge in [-0.05, 0) is 25.0 Å². The number of carbonyl (C=O) groups excluding carboxylic acids is 1. The molecular formula is C16H18F3N3O4S. The number of amides is 1. The Morgan fingerprint density at radius 3 is 2.56 bits per heavy atom. The lowest BCUT2D eigenvalue weighted by Crippen LogP contribution is -2.58. The fourth-order valence-corrected chi connectivity index (χ4v) is 4.73. The molecule has 0 bridgehead atoms. The van der Waals surface area contributed by atoms with Crippen molar-refractivity contribution in [3.05, 3.63) is 30.3 Å². The number of piperidine rings is 1. The second-order valence-electron chi connectivity index (χ2n) is 6.48. The largest absolute Gasteiger partial charge is 0.438 e. The fraction of sp³-hybridized carbons (Fsp3) is 0.500. The minimum atomic E-state index is -5.08. The lowest BCUT2D eigenvalue weighted by atomic mass is 9.97. The molecule has 1 aromatic rings. The van der Waals surface area contributed by atoms with Crippen molar-refractivity contribution in [2.75, 3.05) is 13.1 Å². The topological polar surface area (TPSA) is 90.3 Å². The maximum absolute atomic E-state index is 13.2. The van der Waals surface area contributed by atoms with E-state index in [1.807, 2.05) is 0 Å². The van der Waals surface area contributed by atoms with E-state index in [2.05, 4.69) is 5.10 Å². The van der Waals surface area contributed by atoms with Crippen molar-refractivity contribution in [2.24, 2.45) is 11.0 Å². The van der Waals surface area contributed by atoms with Crippen LogP contribution in [-0.2, 0) is 14.8 Å². The second kappa shape index (κ2) is 6.88. The highest BCUT2D eigenvalue weighted by molar-refractivity contribution is 7.89. The summed E-state index contributed by atoms with van der Waals surface area (Å²) in [5.74, 6) is -2.07. The number of hydrogen-bond donors (Lipinski definition) is 1. The van der Waals surface area contributed by atoms with Crippen molar-refractivity contribution in [3.8, 4) is 0 Å². The molecule has 2 aliphatic heterocycles. The van der Waals surface area contributed by atoms with E-state index in [0.29, 0.717) is 6.42 Å². The van der Waals surface area contributed by atoms with Gasteiger partial charge in [-0.15, -0.1) is 0 Å². The van der Waals surface area contributed by atoms with Gasteiger partial charge in [0.2, 0.25) is 15.9 Å². The minimum absolute atomic E-state index is 0.0380. The van der Waals surface area contributed by atoms with Gasteiger partial charge in [0, 0.05) is 25.7 Å². The van der Waals surface area contributed by atoms with Crippen LogP contribution in [0.15, 0.2) is 40.3 Å². The first-order chi connectivity index (χ1) is 12.6. The van der Waals surface area contributed by atoms with Crippen LogP contribution in [0.1, 0.15) is 19.3 Å². The lowest BCUT2D eigenvalue weighted by Gasteiger charge is -2.37. The first-order valence-corrected chi connectivity index (χ1v) is 9.72. The molecule has 1 aromatic carbocycles. The third kappa shape index (κ3) is 3.46. The highest BCUT2D eigenvalue weighted by Crippen LogP contribution is 2.40. The Kier molecular flexibility index (Phi) is 5.04. The quantitative estimate of drug-likeness (QED) is 0.826. The van der Waals surface area contributed by atoms with Gasteiger partial charge in [-0.1, -0.05) is 18.2 Å². The van der Waals surface area contributed by atoms with E-state index in [0.717, 1.165) is 10.5 Å². The molecule has 3 rings (SSSR count). The first kappa shape index (κ1) is 19.8. The van der Waals surface area contributed by atoms with Crippen molar-refractivity contribution in [3.63, 3.8) is 0 Å². The molecule has 2 atom stereocenters. The van der Waals surface area contributed by atoms with Gasteiger partial charge in [0.05, 0.1) is 10.8 Å². The summed E-state index contributed by atoms with van der Waals surface area (Å²) in [6, 6.07) is 7.59. The van der Waals surface area contributed by atoms with Crippen LogP contribution in [0, 0.1) is 5.92 Å². The number of halogens is 3. The molecule has 11 heteroatoms. The highest BCUT2D eigenvalue weighted by Gasteiger charge is 2.62. The van der Waals surface area contributed by atoms with Crippen LogP contribution in [0.25, 0.3) is 0 Å². The summed E-state index contributed by atoms with van der Waals surface area (Å²) < 4.78 is 66.0. The number of aliphatic hydroxyl groups is 1. The van der Waals surface area contributed by atoms with Crippen molar-refractivity contribution in [1.82, 2.24) is 9.31 Å². The number of benzene rings is 1. The molecule has 1 fully saturated rings. The maximum Gasteiger partial charge on any atom is 0.438 e. The number of nitrogens with zero attached hydrogens (tertiary/aromatic N) is 3. The van der Waals surface area contributed by atoms with Crippen molar-refractivity contribution < 1.29 is 31.5 Å². The number of rotatable bonds is 3. The molecule has 0 unspecified atom stereocenters. The van der Waals surface area contributed by atoms with Gasteiger partial charge in [-0.3, -0.25) is 4.79 Å². The molecule has 1 saturated heterocycles. The molecular weight excluding hydrogens is 387 g/mol. The standard InChI is InChI=1S/C16H18F3N3O4S/c17-16(18,19)15(24)8-9-20-22(15)14(23)12-5-4-10-21(11-12)27(25,26)13-6-2-1-3-7-13/h1-3,6-7,9,12,24H,4-5,8,10-11H2/t12-,15-/m0/s1. The number of carbonyl (C=O) groups is 1. The number of sulfonamides is 1.